The Morgan fingerprint density at radius 3 is 2.67 bits per heavy atom. The molecule has 114 valence electrons. The highest BCUT2D eigenvalue weighted by Crippen LogP contribution is 2.30. The van der Waals surface area contributed by atoms with Crippen molar-refractivity contribution < 1.29 is 24.5 Å². The molecule has 0 radical (unpaired) electrons. The van der Waals surface area contributed by atoms with Gasteiger partial charge in [0, 0.05) is 5.92 Å². The van der Waals surface area contributed by atoms with Crippen LogP contribution in [0.25, 0.3) is 4.98 Å². The monoisotopic (exact) mass is 296 g/mol. The second-order valence-corrected chi connectivity index (χ2v) is 4.81. The molecule has 0 bridgehead atoms. The van der Waals surface area contributed by atoms with E-state index in [4.69, 9.17) is 5.39 Å². The Kier molecular flexibility index (Phi) is 5.44. The molecule has 4 atom stereocenters. The maximum atomic E-state index is 11.6. The van der Waals surface area contributed by atoms with E-state index in [-0.39, 0.29) is 12.5 Å². The summed E-state index contributed by atoms with van der Waals surface area (Å²) in [4.78, 5) is 25.7. The van der Waals surface area contributed by atoms with Crippen LogP contribution >= 0.6 is 0 Å². The Morgan fingerprint density at radius 1 is 1.62 bits per heavy atom. The average Bonchev–Trinajstić information content (AvgIpc) is 2.41. The maximum absolute atomic E-state index is 11.6. The molecular weight excluding hydrogens is 278 g/mol. The van der Waals surface area contributed by atoms with E-state index >= 15 is 0 Å². The lowest BCUT2D eigenvalue weighted by atomic mass is 9.78. The number of nitrogens with one attached hydrogen (secondary N) is 1. The summed E-state index contributed by atoms with van der Waals surface area (Å²) in [6.45, 7) is 6.25. The van der Waals surface area contributed by atoms with Gasteiger partial charge in [0.05, 0.1) is 18.1 Å². The first-order valence-corrected chi connectivity index (χ1v) is 6.39. The van der Waals surface area contributed by atoms with Gasteiger partial charge >= 0.3 is 11.7 Å². The predicted octanol–water partition coefficient (Wildman–Crippen LogP) is 0.470. The van der Waals surface area contributed by atoms with Gasteiger partial charge in [0.25, 0.3) is 0 Å². The molecule has 8 heteroatoms. The number of aliphatic hydroxyl groups excluding tert-OH is 2. The second-order valence-electron chi connectivity index (χ2n) is 4.81. The van der Waals surface area contributed by atoms with E-state index in [2.05, 4.69) is 21.6 Å². The van der Waals surface area contributed by atoms with Crippen molar-refractivity contribution in [2.24, 2.45) is 11.8 Å². The van der Waals surface area contributed by atoms with Gasteiger partial charge in [-0.15, -0.1) is 0 Å². The van der Waals surface area contributed by atoms with E-state index in [9.17, 15) is 19.8 Å². The number of nitrogens with zero attached hydrogens (tertiary/aromatic N) is 2. The first-order valence-electron chi connectivity index (χ1n) is 6.39. The number of diazo groups is 1. The van der Waals surface area contributed by atoms with E-state index in [1.807, 2.05) is 0 Å². The molecule has 1 amide bonds. The minimum atomic E-state index is -1.01. The van der Waals surface area contributed by atoms with Crippen molar-refractivity contribution in [2.75, 3.05) is 6.61 Å². The summed E-state index contributed by atoms with van der Waals surface area (Å²) in [5, 5.41) is 31.0. The predicted molar refractivity (Wildman–Crippen MR) is 72.2 cm³/mol. The molecule has 0 spiro atoms. The zero-order chi connectivity index (χ0) is 16.2. The smallest absolute Gasteiger partial charge is 0.504 e. The summed E-state index contributed by atoms with van der Waals surface area (Å²) >= 11 is 0. The molecule has 0 aromatic rings. The van der Waals surface area contributed by atoms with Crippen molar-refractivity contribution in [2.45, 2.75) is 26.0 Å². The van der Waals surface area contributed by atoms with Crippen LogP contribution in [0, 0.1) is 17.2 Å². The SMILES string of the molecule is C=CCOC(=O)/C([N+]#N)=C(\O)[C@H](C)[C@H]1NC(=O)[C@@H]1[C@@H](C)O. The molecule has 1 heterocycles. The summed E-state index contributed by atoms with van der Waals surface area (Å²) in [5.41, 5.74) is -0.644. The molecule has 21 heavy (non-hydrogen) atoms. The van der Waals surface area contributed by atoms with Gasteiger partial charge in [-0.3, -0.25) is 4.79 Å². The van der Waals surface area contributed by atoms with Crippen LogP contribution in [0.1, 0.15) is 13.8 Å². The Balaban J connectivity index is 2.93. The third kappa shape index (κ3) is 3.38. The fourth-order valence-corrected chi connectivity index (χ4v) is 2.16. The molecule has 0 saturated carbocycles. The van der Waals surface area contributed by atoms with Gasteiger partial charge in [-0.25, -0.2) is 4.79 Å². The molecule has 1 saturated heterocycles. The van der Waals surface area contributed by atoms with Crippen LogP contribution in [0.15, 0.2) is 24.1 Å². The van der Waals surface area contributed by atoms with Crippen LogP contribution in [-0.4, -0.2) is 40.8 Å². The van der Waals surface area contributed by atoms with Gasteiger partial charge in [0.1, 0.15) is 6.61 Å². The number of hydrogen-bond acceptors (Lipinski definition) is 6. The highest BCUT2D eigenvalue weighted by atomic mass is 16.5. The molecule has 1 aliphatic rings. The molecule has 1 aliphatic heterocycles. The van der Waals surface area contributed by atoms with Gasteiger partial charge in [0.2, 0.25) is 17.1 Å². The standard InChI is InChI=1S/C13H17N3O5/c1-4-5-21-13(20)10(16-14)11(18)6(2)9-8(7(3)17)12(19)15-9/h4,6-9,17H,1,5H2,2-3H3,(H-,15,18,19,20)/p+1/t6-,7-,8-,9-/m1/s1. The van der Waals surface area contributed by atoms with E-state index in [1.165, 1.54) is 19.9 Å². The third-order valence-corrected chi connectivity index (χ3v) is 3.36. The lowest BCUT2D eigenvalue weighted by Crippen LogP contribution is -2.64. The number of carbonyl (C=O) groups is 2. The molecular formula is C13H18N3O5+. The number of carbonyl (C=O) groups excluding carboxylic acids is 2. The maximum Gasteiger partial charge on any atom is 0.505 e. The number of esters is 1. The normalized spacial score (nSPS) is 24.6. The number of aliphatic hydroxyl groups is 2. The van der Waals surface area contributed by atoms with Gasteiger partial charge in [-0.05, 0) is 6.92 Å². The van der Waals surface area contributed by atoms with Crippen molar-refractivity contribution in [3.8, 4) is 0 Å². The molecule has 0 unspecified atom stereocenters. The molecule has 3 N–H and O–H groups in total. The topological polar surface area (TPSA) is 124 Å². The zero-order valence-electron chi connectivity index (χ0n) is 11.8. The summed E-state index contributed by atoms with van der Waals surface area (Å²) in [6.07, 6.45) is 0.421. The lowest BCUT2D eigenvalue weighted by Gasteiger charge is -2.41. The van der Waals surface area contributed by atoms with Crippen LogP contribution in [0.4, 0.5) is 0 Å². The van der Waals surface area contributed by atoms with Crippen LogP contribution in [0.5, 0.6) is 0 Å². The van der Waals surface area contributed by atoms with Crippen molar-refractivity contribution in [3.05, 3.63) is 29.1 Å². The third-order valence-electron chi connectivity index (χ3n) is 3.36. The summed E-state index contributed by atoms with van der Waals surface area (Å²) in [7, 11) is 0. The van der Waals surface area contributed by atoms with Crippen LogP contribution in [0.3, 0.4) is 0 Å². The molecule has 0 aromatic carbocycles. The Bertz CT molecular complexity index is 520. The number of ether oxygens (including phenoxy) is 1. The van der Waals surface area contributed by atoms with Crippen molar-refractivity contribution in [1.29, 1.82) is 5.39 Å². The van der Waals surface area contributed by atoms with Crippen molar-refractivity contribution in [1.82, 2.24) is 5.32 Å². The molecule has 1 fully saturated rings. The number of β-lactam (4-membered cyclic amide) rings is 1. The Hall–Kier alpha value is -2.40. The Morgan fingerprint density at radius 2 is 2.24 bits per heavy atom. The van der Waals surface area contributed by atoms with Crippen molar-refractivity contribution in [3.63, 3.8) is 0 Å². The van der Waals surface area contributed by atoms with Crippen molar-refractivity contribution >= 4 is 11.9 Å². The first-order chi connectivity index (χ1) is 9.84. The minimum Gasteiger partial charge on any atom is -0.504 e. The molecule has 1 rings (SSSR count). The van der Waals surface area contributed by atoms with E-state index in [0.29, 0.717) is 0 Å². The van der Waals surface area contributed by atoms with Crippen LogP contribution < -0.4 is 5.32 Å². The molecule has 0 aliphatic carbocycles. The molecule has 8 nitrogen and oxygen atoms in total. The second kappa shape index (κ2) is 6.85. The van der Waals surface area contributed by atoms with E-state index in [0.717, 1.165) is 0 Å². The molecule has 0 aromatic heterocycles. The zero-order valence-corrected chi connectivity index (χ0v) is 11.8. The highest BCUT2D eigenvalue weighted by molar-refractivity contribution is 5.91. The fourth-order valence-electron chi connectivity index (χ4n) is 2.16. The van der Waals surface area contributed by atoms with Gasteiger partial charge in [-0.1, -0.05) is 19.6 Å². The first kappa shape index (κ1) is 16.7. The highest BCUT2D eigenvalue weighted by Gasteiger charge is 2.48. The van der Waals surface area contributed by atoms with E-state index in [1.54, 1.807) is 0 Å². The summed E-state index contributed by atoms with van der Waals surface area (Å²) < 4.78 is 4.68. The van der Waals surface area contributed by atoms with Gasteiger partial charge in [0.15, 0.2) is 4.98 Å². The number of hydrogen-bond donors (Lipinski definition) is 3. The largest absolute Gasteiger partial charge is 0.505 e. The fraction of sp³-hybridized carbons (Fsp3) is 0.538. The van der Waals surface area contributed by atoms with Crippen LogP contribution in [0.2, 0.25) is 0 Å². The van der Waals surface area contributed by atoms with E-state index < -0.39 is 41.4 Å². The van der Waals surface area contributed by atoms with Gasteiger partial charge in [-0.2, -0.15) is 0 Å². The van der Waals surface area contributed by atoms with Crippen LogP contribution in [-0.2, 0) is 14.3 Å². The summed E-state index contributed by atoms with van der Waals surface area (Å²) in [6, 6.07) is -0.568. The average molecular weight is 296 g/mol. The van der Waals surface area contributed by atoms with Gasteiger partial charge < -0.3 is 20.3 Å². The lowest BCUT2D eigenvalue weighted by molar-refractivity contribution is -0.142. The quantitative estimate of drug-likeness (QED) is 0.163. The number of amides is 1. The minimum absolute atomic E-state index is 0.101. The number of rotatable bonds is 6. The Labute approximate surface area is 121 Å². The summed E-state index contributed by atoms with van der Waals surface area (Å²) in [5.74, 6) is -3.31.